The highest BCUT2D eigenvalue weighted by molar-refractivity contribution is 6.09. The van der Waals surface area contributed by atoms with Crippen LogP contribution in [0.4, 0.5) is 0 Å². The number of aromatic nitrogens is 4. The van der Waals surface area contributed by atoms with E-state index in [0.717, 1.165) is 59.7 Å². The number of para-hydroxylation sites is 1. The first-order valence-electron chi connectivity index (χ1n) is 20.0. The van der Waals surface area contributed by atoms with Gasteiger partial charge < -0.3 is 4.74 Å². The third-order valence-electron chi connectivity index (χ3n) is 11.4. The summed E-state index contributed by atoms with van der Waals surface area (Å²) in [4.78, 5) is 4.88. The molecule has 270 valence electrons. The van der Waals surface area contributed by atoms with Gasteiger partial charge in [0.15, 0.2) is 0 Å². The number of fused-ring (bicyclic) bond motifs is 3. The lowest BCUT2D eigenvalue weighted by Gasteiger charge is -2.33. The topological polar surface area (TPSA) is 44.9 Å². The van der Waals surface area contributed by atoms with Crippen LogP contribution in [0.1, 0.15) is 127 Å². The molecule has 2 atom stereocenters. The first-order chi connectivity index (χ1) is 25.4. The van der Waals surface area contributed by atoms with Crippen LogP contribution in [-0.4, -0.2) is 19.3 Å². The molecule has 52 heavy (non-hydrogen) atoms. The highest BCUT2D eigenvalue weighted by Crippen LogP contribution is 2.45. The van der Waals surface area contributed by atoms with E-state index >= 15 is 0 Å². The van der Waals surface area contributed by atoms with Crippen molar-refractivity contribution in [3.05, 3.63) is 119 Å². The number of aryl methyl sites for hydroxylation is 2. The summed E-state index contributed by atoms with van der Waals surface area (Å²) in [6.07, 6.45) is 14.5. The SMILES string of the molecule is CCCCc1ccnc(-n2c3ccccc3c3ccc(Oc4cc(C(C)C)cc(-n5nc(CC)c([C@H]6C(CC)=CCCC6CC)c5CC)c4)cc32)c1. The highest BCUT2D eigenvalue weighted by Gasteiger charge is 2.33. The van der Waals surface area contributed by atoms with Gasteiger partial charge in [0.05, 0.1) is 22.4 Å². The molecule has 0 N–H and O–H groups in total. The number of benzene rings is 3. The van der Waals surface area contributed by atoms with E-state index < -0.39 is 0 Å². The molecule has 0 spiro atoms. The van der Waals surface area contributed by atoms with Gasteiger partial charge in [0.1, 0.15) is 17.3 Å². The van der Waals surface area contributed by atoms with Crippen molar-refractivity contribution < 1.29 is 4.74 Å². The van der Waals surface area contributed by atoms with Gasteiger partial charge in [0.2, 0.25) is 0 Å². The zero-order chi connectivity index (χ0) is 36.4. The van der Waals surface area contributed by atoms with E-state index in [0.29, 0.717) is 17.8 Å². The molecule has 1 aliphatic rings. The van der Waals surface area contributed by atoms with E-state index in [9.17, 15) is 0 Å². The molecule has 0 radical (unpaired) electrons. The fraction of sp³-hybridized carbons (Fsp3) is 0.404. The number of hydrogen-bond donors (Lipinski definition) is 0. The van der Waals surface area contributed by atoms with Crippen molar-refractivity contribution in [3.63, 3.8) is 0 Å². The molecule has 0 fully saturated rings. The van der Waals surface area contributed by atoms with E-state index in [1.165, 1.54) is 71.0 Å². The van der Waals surface area contributed by atoms with Crippen LogP contribution in [0.25, 0.3) is 33.3 Å². The first-order valence-corrected chi connectivity index (χ1v) is 20.0. The number of pyridine rings is 1. The minimum absolute atomic E-state index is 0.335. The minimum Gasteiger partial charge on any atom is -0.457 e. The summed E-state index contributed by atoms with van der Waals surface area (Å²) in [5.41, 5.74) is 11.5. The van der Waals surface area contributed by atoms with Gasteiger partial charge in [-0.3, -0.25) is 4.57 Å². The third-order valence-corrected chi connectivity index (χ3v) is 11.4. The molecular weight excluding hydrogens is 637 g/mol. The van der Waals surface area contributed by atoms with Crippen molar-refractivity contribution in [1.82, 2.24) is 19.3 Å². The van der Waals surface area contributed by atoms with Crippen LogP contribution >= 0.6 is 0 Å². The monoisotopic (exact) mass is 692 g/mol. The molecule has 0 aliphatic heterocycles. The Morgan fingerprint density at radius 2 is 1.65 bits per heavy atom. The Morgan fingerprint density at radius 3 is 2.40 bits per heavy atom. The van der Waals surface area contributed by atoms with Crippen molar-refractivity contribution in [2.75, 3.05) is 0 Å². The predicted octanol–water partition coefficient (Wildman–Crippen LogP) is 13.0. The Bertz CT molecular complexity index is 2220. The van der Waals surface area contributed by atoms with Gasteiger partial charge in [-0.2, -0.15) is 5.10 Å². The molecular formula is C47H56N4O. The summed E-state index contributed by atoms with van der Waals surface area (Å²) in [6.45, 7) is 16.0. The molecule has 5 heteroatoms. The van der Waals surface area contributed by atoms with E-state index in [1.807, 2.05) is 6.20 Å². The maximum absolute atomic E-state index is 6.84. The summed E-state index contributed by atoms with van der Waals surface area (Å²) in [6, 6.07) is 26.2. The second-order valence-electron chi connectivity index (χ2n) is 15.0. The number of nitrogens with zero attached hydrogens (tertiary/aromatic N) is 4. The van der Waals surface area contributed by atoms with Crippen LogP contribution in [0, 0.1) is 5.92 Å². The van der Waals surface area contributed by atoms with Crippen molar-refractivity contribution >= 4 is 21.8 Å². The fourth-order valence-corrected chi connectivity index (χ4v) is 8.63. The van der Waals surface area contributed by atoms with Crippen molar-refractivity contribution in [2.24, 2.45) is 5.92 Å². The van der Waals surface area contributed by atoms with Crippen LogP contribution in [0.2, 0.25) is 0 Å². The van der Waals surface area contributed by atoms with Gasteiger partial charge in [-0.05, 0) is 110 Å². The normalized spacial score (nSPS) is 16.3. The van der Waals surface area contributed by atoms with Crippen LogP contribution in [-0.2, 0) is 19.3 Å². The molecule has 0 saturated carbocycles. The molecule has 0 bridgehead atoms. The lowest BCUT2D eigenvalue weighted by molar-refractivity contribution is 0.392. The van der Waals surface area contributed by atoms with Crippen molar-refractivity contribution in [1.29, 1.82) is 0 Å². The quantitative estimate of drug-likeness (QED) is 0.113. The summed E-state index contributed by atoms with van der Waals surface area (Å²) in [7, 11) is 0. The standard InChI is InChI=1S/C47H56N4O/c1-8-13-17-32-24-25-48-45(26-32)50-43-21-15-14-20-39(43)40-23-22-37(30-44(40)50)52-38-28-35(31(6)7)27-36(29-38)51-42(12-5)47(41(11-4)49-51)46-33(9-2)18-16-19-34(46)10-3/h14-15,18,20-31,34,46H,8-13,16-17,19H2,1-7H3/t34?,46-/m0/s1. The zero-order valence-electron chi connectivity index (χ0n) is 32.4. The van der Waals surface area contributed by atoms with Gasteiger partial charge in [-0.15, -0.1) is 0 Å². The number of ether oxygens (including phenoxy) is 1. The van der Waals surface area contributed by atoms with Crippen molar-refractivity contribution in [3.8, 4) is 23.0 Å². The molecule has 3 aromatic heterocycles. The molecule has 6 aromatic rings. The van der Waals surface area contributed by atoms with E-state index in [1.54, 1.807) is 5.57 Å². The smallest absolute Gasteiger partial charge is 0.137 e. The highest BCUT2D eigenvalue weighted by atomic mass is 16.5. The molecule has 1 aliphatic carbocycles. The summed E-state index contributed by atoms with van der Waals surface area (Å²) in [5.74, 6) is 4.03. The van der Waals surface area contributed by atoms with Gasteiger partial charge in [0.25, 0.3) is 0 Å². The third kappa shape index (κ3) is 6.71. The Kier molecular flexibility index (Phi) is 10.7. The van der Waals surface area contributed by atoms with E-state index in [4.69, 9.17) is 14.8 Å². The van der Waals surface area contributed by atoms with Gasteiger partial charge >= 0.3 is 0 Å². The van der Waals surface area contributed by atoms with Crippen LogP contribution in [0.5, 0.6) is 11.5 Å². The number of hydrogen-bond acceptors (Lipinski definition) is 3. The second kappa shape index (κ2) is 15.5. The van der Waals surface area contributed by atoms with Crippen LogP contribution in [0.15, 0.2) is 90.6 Å². The number of allylic oxidation sites excluding steroid dienone is 2. The fourth-order valence-electron chi connectivity index (χ4n) is 8.63. The van der Waals surface area contributed by atoms with Gasteiger partial charge in [0, 0.05) is 46.3 Å². The maximum Gasteiger partial charge on any atom is 0.137 e. The Labute approximate surface area is 310 Å². The summed E-state index contributed by atoms with van der Waals surface area (Å²) < 4.78 is 11.4. The average molecular weight is 693 g/mol. The zero-order valence-corrected chi connectivity index (χ0v) is 32.4. The Hall–Kier alpha value is -4.64. The number of unbranched alkanes of at least 4 members (excludes halogenated alkanes) is 1. The average Bonchev–Trinajstić information content (AvgIpc) is 3.71. The summed E-state index contributed by atoms with van der Waals surface area (Å²) in [5, 5.41) is 7.80. The second-order valence-corrected chi connectivity index (χ2v) is 15.0. The summed E-state index contributed by atoms with van der Waals surface area (Å²) >= 11 is 0. The van der Waals surface area contributed by atoms with Gasteiger partial charge in [-0.25, -0.2) is 9.67 Å². The van der Waals surface area contributed by atoms with Crippen molar-refractivity contribution in [2.45, 2.75) is 118 Å². The molecule has 0 saturated heterocycles. The van der Waals surface area contributed by atoms with Crippen LogP contribution < -0.4 is 4.74 Å². The Morgan fingerprint density at radius 1 is 0.827 bits per heavy atom. The molecule has 7 rings (SSSR count). The van der Waals surface area contributed by atoms with E-state index in [-0.39, 0.29) is 0 Å². The predicted molar refractivity (Wildman–Crippen MR) is 218 cm³/mol. The maximum atomic E-state index is 6.84. The molecule has 3 aromatic carbocycles. The number of rotatable bonds is 13. The molecule has 5 nitrogen and oxygen atoms in total. The lowest BCUT2D eigenvalue weighted by Crippen LogP contribution is -2.20. The molecule has 1 unspecified atom stereocenters. The van der Waals surface area contributed by atoms with Crippen LogP contribution in [0.3, 0.4) is 0 Å². The van der Waals surface area contributed by atoms with Gasteiger partial charge in [-0.1, -0.05) is 91.2 Å². The first kappa shape index (κ1) is 35.7. The molecule has 0 amide bonds. The van der Waals surface area contributed by atoms with E-state index in [2.05, 4.69) is 137 Å². The lowest BCUT2D eigenvalue weighted by atomic mass is 9.71. The largest absolute Gasteiger partial charge is 0.457 e. The molecule has 3 heterocycles. The minimum atomic E-state index is 0.335. The Balaban J connectivity index is 1.33.